The second-order valence-electron chi connectivity index (χ2n) is 3.78. The van der Waals surface area contributed by atoms with E-state index >= 15 is 0 Å². The Hall–Kier alpha value is -0.510. The summed E-state index contributed by atoms with van der Waals surface area (Å²) in [5, 5.41) is 0. The van der Waals surface area contributed by atoms with Crippen molar-refractivity contribution in [2.24, 2.45) is 11.5 Å². The van der Waals surface area contributed by atoms with Crippen LogP contribution in [-0.4, -0.2) is 6.54 Å². The Kier molecular flexibility index (Phi) is 6.65. The Morgan fingerprint density at radius 1 is 1.33 bits per heavy atom. The zero-order valence-electron chi connectivity index (χ0n) is 9.45. The molecule has 1 aromatic heterocycles. The molecule has 0 fully saturated rings. The molecule has 0 spiro atoms. The van der Waals surface area contributed by atoms with Gasteiger partial charge in [-0.05, 0) is 44.9 Å². The van der Waals surface area contributed by atoms with Gasteiger partial charge in [-0.2, -0.15) is 0 Å². The van der Waals surface area contributed by atoms with E-state index in [1.54, 1.807) is 0 Å². The summed E-state index contributed by atoms with van der Waals surface area (Å²) in [6, 6.07) is 2.05. The minimum Gasteiger partial charge on any atom is -0.464 e. The SMILES string of the molecule is Cc1cc([C@@H](N)CCCCN)oc1C.Cl. The second kappa shape index (κ2) is 6.88. The van der Waals surface area contributed by atoms with Gasteiger partial charge in [0.25, 0.3) is 0 Å². The molecular weight excluding hydrogens is 212 g/mol. The molecule has 88 valence electrons. The Balaban J connectivity index is 0.00000196. The normalized spacial score (nSPS) is 12.3. The van der Waals surface area contributed by atoms with E-state index in [0.717, 1.165) is 37.3 Å². The summed E-state index contributed by atoms with van der Waals surface area (Å²) in [5.74, 6) is 1.87. The molecule has 1 aromatic rings. The van der Waals surface area contributed by atoms with Crippen LogP contribution in [-0.2, 0) is 0 Å². The van der Waals surface area contributed by atoms with E-state index in [2.05, 4.69) is 0 Å². The van der Waals surface area contributed by atoms with E-state index in [9.17, 15) is 0 Å². The molecule has 0 aliphatic rings. The van der Waals surface area contributed by atoms with Crippen LogP contribution in [0.25, 0.3) is 0 Å². The first-order valence-electron chi connectivity index (χ1n) is 5.17. The average molecular weight is 233 g/mol. The Labute approximate surface area is 97.6 Å². The molecule has 0 aliphatic heterocycles. The molecule has 0 aliphatic carbocycles. The van der Waals surface area contributed by atoms with Crippen LogP contribution in [0, 0.1) is 13.8 Å². The summed E-state index contributed by atoms with van der Waals surface area (Å²) < 4.78 is 5.55. The molecule has 0 saturated carbocycles. The van der Waals surface area contributed by atoms with Crippen LogP contribution in [0.15, 0.2) is 10.5 Å². The molecule has 1 atom stereocenters. The van der Waals surface area contributed by atoms with Crippen LogP contribution in [0.1, 0.15) is 42.4 Å². The zero-order chi connectivity index (χ0) is 10.6. The summed E-state index contributed by atoms with van der Waals surface area (Å²) in [6.07, 6.45) is 3.05. The van der Waals surface area contributed by atoms with Gasteiger partial charge in [0.2, 0.25) is 0 Å². The average Bonchev–Trinajstić information content (AvgIpc) is 2.47. The van der Waals surface area contributed by atoms with E-state index in [0.29, 0.717) is 0 Å². The van der Waals surface area contributed by atoms with E-state index in [1.807, 2.05) is 19.9 Å². The molecule has 0 bridgehead atoms. The standard InChI is InChI=1S/C11H20N2O.ClH/c1-8-7-11(14-9(8)2)10(13)5-3-4-6-12;/h7,10H,3-6,12-13H2,1-2H3;1H/t10-;/m0./s1. The van der Waals surface area contributed by atoms with E-state index in [4.69, 9.17) is 15.9 Å². The van der Waals surface area contributed by atoms with Gasteiger partial charge in [0, 0.05) is 0 Å². The van der Waals surface area contributed by atoms with Crippen molar-refractivity contribution in [2.45, 2.75) is 39.2 Å². The third kappa shape index (κ3) is 4.24. The second-order valence-corrected chi connectivity index (χ2v) is 3.78. The van der Waals surface area contributed by atoms with Crippen molar-refractivity contribution in [3.63, 3.8) is 0 Å². The van der Waals surface area contributed by atoms with Gasteiger partial charge >= 0.3 is 0 Å². The van der Waals surface area contributed by atoms with Gasteiger partial charge < -0.3 is 15.9 Å². The number of nitrogens with two attached hydrogens (primary N) is 2. The van der Waals surface area contributed by atoms with Gasteiger partial charge in [-0.3, -0.25) is 0 Å². The van der Waals surface area contributed by atoms with Gasteiger partial charge in [-0.25, -0.2) is 0 Å². The number of rotatable bonds is 5. The number of hydrogen-bond acceptors (Lipinski definition) is 3. The monoisotopic (exact) mass is 232 g/mol. The summed E-state index contributed by atoms with van der Waals surface area (Å²) >= 11 is 0. The highest BCUT2D eigenvalue weighted by Crippen LogP contribution is 2.21. The third-order valence-corrected chi connectivity index (χ3v) is 2.52. The number of aryl methyl sites for hydroxylation is 2. The maximum atomic E-state index is 5.98. The predicted molar refractivity (Wildman–Crippen MR) is 65.3 cm³/mol. The van der Waals surface area contributed by atoms with Crippen LogP contribution >= 0.6 is 12.4 Å². The van der Waals surface area contributed by atoms with Crippen LogP contribution < -0.4 is 11.5 Å². The first-order valence-corrected chi connectivity index (χ1v) is 5.17. The lowest BCUT2D eigenvalue weighted by molar-refractivity contribution is 0.426. The van der Waals surface area contributed by atoms with E-state index < -0.39 is 0 Å². The highest BCUT2D eigenvalue weighted by molar-refractivity contribution is 5.85. The largest absolute Gasteiger partial charge is 0.464 e. The molecule has 0 radical (unpaired) electrons. The molecule has 1 rings (SSSR count). The molecule has 0 unspecified atom stereocenters. The fourth-order valence-corrected chi connectivity index (χ4v) is 1.44. The molecule has 4 N–H and O–H groups in total. The van der Waals surface area contributed by atoms with Crippen molar-refractivity contribution in [1.29, 1.82) is 0 Å². The predicted octanol–water partition coefficient (Wildman–Crippen LogP) is 2.45. The van der Waals surface area contributed by atoms with E-state index in [-0.39, 0.29) is 18.4 Å². The maximum absolute atomic E-state index is 5.98. The minimum absolute atomic E-state index is 0. The van der Waals surface area contributed by atoms with Crippen molar-refractivity contribution in [3.8, 4) is 0 Å². The summed E-state index contributed by atoms with van der Waals surface area (Å²) in [5.41, 5.74) is 12.6. The zero-order valence-corrected chi connectivity index (χ0v) is 10.3. The number of halogens is 1. The number of hydrogen-bond donors (Lipinski definition) is 2. The molecule has 0 amide bonds. The van der Waals surface area contributed by atoms with Crippen molar-refractivity contribution >= 4 is 12.4 Å². The van der Waals surface area contributed by atoms with Gasteiger partial charge in [-0.15, -0.1) is 12.4 Å². The maximum Gasteiger partial charge on any atom is 0.121 e. The lowest BCUT2D eigenvalue weighted by Gasteiger charge is -2.07. The Morgan fingerprint density at radius 3 is 2.47 bits per heavy atom. The first-order chi connectivity index (χ1) is 6.65. The summed E-state index contributed by atoms with van der Waals surface area (Å²) in [4.78, 5) is 0. The van der Waals surface area contributed by atoms with Crippen LogP contribution in [0.5, 0.6) is 0 Å². The molecule has 15 heavy (non-hydrogen) atoms. The Morgan fingerprint density at radius 2 is 2.00 bits per heavy atom. The summed E-state index contributed by atoms with van der Waals surface area (Å²) in [6.45, 7) is 4.74. The molecule has 3 nitrogen and oxygen atoms in total. The highest BCUT2D eigenvalue weighted by Gasteiger charge is 2.11. The lowest BCUT2D eigenvalue weighted by Crippen LogP contribution is -2.10. The van der Waals surface area contributed by atoms with Crippen LogP contribution in [0.3, 0.4) is 0 Å². The number of unbranched alkanes of at least 4 members (excludes halogenated alkanes) is 1. The van der Waals surface area contributed by atoms with Crippen LogP contribution in [0.4, 0.5) is 0 Å². The fraction of sp³-hybridized carbons (Fsp3) is 0.636. The van der Waals surface area contributed by atoms with Crippen molar-refractivity contribution < 1.29 is 4.42 Å². The Bertz CT molecular complexity index is 267. The van der Waals surface area contributed by atoms with Crippen molar-refractivity contribution in [1.82, 2.24) is 0 Å². The third-order valence-electron chi connectivity index (χ3n) is 2.52. The molecule has 4 heteroatoms. The first kappa shape index (κ1) is 14.5. The molecule has 0 saturated heterocycles. The topological polar surface area (TPSA) is 65.2 Å². The van der Waals surface area contributed by atoms with Crippen molar-refractivity contribution in [3.05, 3.63) is 23.2 Å². The quantitative estimate of drug-likeness (QED) is 0.767. The number of furan rings is 1. The van der Waals surface area contributed by atoms with Gasteiger partial charge in [0.05, 0.1) is 6.04 Å². The van der Waals surface area contributed by atoms with E-state index in [1.165, 1.54) is 5.56 Å². The highest BCUT2D eigenvalue weighted by atomic mass is 35.5. The van der Waals surface area contributed by atoms with Crippen LogP contribution in [0.2, 0.25) is 0 Å². The minimum atomic E-state index is 0. The summed E-state index contributed by atoms with van der Waals surface area (Å²) in [7, 11) is 0. The molecular formula is C11H21ClN2O. The van der Waals surface area contributed by atoms with Crippen molar-refractivity contribution in [2.75, 3.05) is 6.54 Å². The molecule has 0 aromatic carbocycles. The smallest absolute Gasteiger partial charge is 0.121 e. The van der Waals surface area contributed by atoms with Gasteiger partial charge in [-0.1, -0.05) is 6.42 Å². The van der Waals surface area contributed by atoms with Gasteiger partial charge in [0.15, 0.2) is 0 Å². The fourth-order valence-electron chi connectivity index (χ4n) is 1.44. The van der Waals surface area contributed by atoms with Gasteiger partial charge in [0.1, 0.15) is 11.5 Å². The lowest BCUT2D eigenvalue weighted by atomic mass is 10.1. The molecule has 1 heterocycles.